The molecule has 1 heterocycles. The van der Waals surface area contributed by atoms with Crippen molar-refractivity contribution in [2.45, 2.75) is 5.16 Å². The average Bonchev–Trinajstić information content (AvgIpc) is 2.26. The van der Waals surface area contributed by atoms with E-state index in [0.29, 0.717) is 15.9 Å². The number of carbonyl (C=O) groups excluding carboxylic acids is 1. The van der Waals surface area contributed by atoms with Crippen LogP contribution in [0.15, 0.2) is 17.4 Å². The van der Waals surface area contributed by atoms with Gasteiger partial charge in [0, 0.05) is 17.8 Å². The van der Waals surface area contributed by atoms with Crippen molar-refractivity contribution in [3.8, 4) is 0 Å². The first-order chi connectivity index (χ1) is 7.17. The van der Waals surface area contributed by atoms with Crippen molar-refractivity contribution in [3.63, 3.8) is 0 Å². The first-order valence-corrected chi connectivity index (χ1v) is 5.60. The zero-order valence-corrected chi connectivity index (χ0v) is 9.80. The van der Waals surface area contributed by atoms with Crippen LogP contribution in [-0.2, 0) is 9.53 Å². The van der Waals surface area contributed by atoms with Gasteiger partial charge in [-0.2, -0.15) is 0 Å². The summed E-state index contributed by atoms with van der Waals surface area (Å²) >= 11 is 7.27. The first-order valence-electron chi connectivity index (χ1n) is 4.00. The molecule has 0 radical (unpaired) electrons. The van der Waals surface area contributed by atoms with E-state index in [1.54, 1.807) is 6.20 Å². The quantitative estimate of drug-likeness (QED) is 0.268. The van der Waals surface area contributed by atoms with Gasteiger partial charge in [0.1, 0.15) is 5.15 Å². The first kappa shape index (κ1) is 12.0. The molecule has 0 bridgehead atoms. The van der Waals surface area contributed by atoms with Crippen molar-refractivity contribution in [2.24, 2.45) is 0 Å². The minimum absolute atomic E-state index is 0.314. The predicted octanol–water partition coefficient (Wildman–Crippen LogP) is 2.04. The Morgan fingerprint density at radius 2 is 2.40 bits per heavy atom. The van der Waals surface area contributed by atoms with E-state index in [9.17, 15) is 4.79 Å². The van der Waals surface area contributed by atoms with Gasteiger partial charge in [0.2, 0.25) is 0 Å². The van der Waals surface area contributed by atoms with E-state index in [0.717, 1.165) is 0 Å². The second-order valence-electron chi connectivity index (χ2n) is 2.46. The van der Waals surface area contributed by atoms with Crippen LogP contribution >= 0.6 is 23.4 Å². The smallest absolute Gasteiger partial charge is 0.330 e. The van der Waals surface area contributed by atoms with Crippen LogP contribution in [0.2, 0.25) is 5.15 Å². The molecule has 0 amide bonds. The lowest BCUT2D eigenvalue weighted by Crippen LogP contribution is -1.94. The van der Waals surface area contributed by atoms with Crippen LogP contribution in [0.5, 0.6) is 0 Å². The minimum Gasteiger partial charge on any atom is -0.466 e. The third kappa shape index (κ3) is 3.53. The molecule has 0 aromatic carbocycles. The summed E-state index contributed by atoms with van der Waals surface area (Å²) in [5, 5.41) is 0.907. The van der Waals surface area contributed by atoms with Gasteiger partial charge < -0.3 is 4.74 Å². The molecule has 15 heavy (non-hydrogen) atoms. The van der Waals surface area contributed by atoms with E-state index in [1.807, 2.05) is 6.26 Å². The Morgan fingerprint density at radius 3 is 2.93 bits per heavy atom. The van der Waals surface area contributed by atoms with Crippen LogP contribution in [0.4, 0.5) is 0 Å². The molecule has 1 aromatic heterocycles. The number of halogens is 1. The van der Waals surface area contributed by atoms with Gasteiger partial charge in [-0.1, -0.05) is 23.4 Å². The molecule has 0 unspecified atom stereocenters. The van der Waals surface area contributed by atoms with Crippen LogP contribution in [0.1, 0.15) is 5.56 Å². The van der Waals surface area contributed by atoms with Gasteiger partial charge in [-0.05, 0) is 12.3 Å². The minimum atomic E-state index is -0.444. The lowest BCUT2D eigenvalue weighted by atomic mass is 10.3. The van der Waals surface area contributed by atoms with E-state index in [-0.39, 0.29) is 0 Å². The van der Waals surface area contributed by atoms with Crippen molar-refractivity contribution in [1.29, 1.82) is 0 Å². The highest BCUT2D eigenvalue weighted by Crippen LogP contribution is 2.17. The lowest BCUT2D eigenvalue weighted by Gasteiger charge is -1.98. The fourth-order valence-electron chi connectivity index (χ4n) is 0.791. The van der Waals surface area contributed by atoms with Crippen molar-refractivity contribution in [1.82, 2.24) is 9.97 Å². The SMILES string of the molecule is COC(=O)C=Cc1cnc(SC)nc1Cl. The van der Waals surface area contributed by atoms with E-state index in [1.165, 1.54) is 31.0 Å². The maximum absolute atomic E-state index is 10.8. The van der Waals surface area contributed by atoms with E-state index >= 15 is 0 Å². The molecule has 0 saturated carbocycles. The zero-order valence-electron chi connectivity index (χ0n) is 8.23. The molecule has 4 nitrogen and oxygen atoms in total. The molecule has 0 fully saturated rings. The summed E-state index contributed by atoms with van der Waals surface area (Å²) in [5.41, 5.74) is 0.583. The Labute approximate surface area is 96.7 Å². The zero-order chi connectivity index (χ0) is 11.3. The van der Waals surface area contributed by atoms with Gasteiger partial charge in [0.15, 0.2) is 5.16 Å². The molecule has 1 aromatic rings. The summed E-state index contributed by atoms with van der Waals surface area (Å²) in [4.78, 5) is 18.9. The Kier molecular flexibility index (Phi) is 4.58. The fraction of sp³-hybridized carbons (Fsp3) is 0.222. The largest absolute Gasteiger partial charge is 0.466 e. The van der Waals surface area contributed by atoms with Gasteiger partial charge in [0.05, 0.1) is 7.11 Å². The summed E-state index contributed by atoms with van der Waals surface area (Å²) in [6.07, 6.45) is 6.19. The molecule has 0 aliphatic heterocycles. The molecule has 0 aliphatic carbocycles. The van der Waals surface area contributed by atoms with Crippen LogP contribution in [0.25, 0.3) is 6.08 Å². The van der Waals surface area contributed by atoms with Crippen molar-refractivity contribution < 1.29 is 9.53 Å². The number of aromatic nitrogens is 2. The molecule has 6 heteroatoms. The Morgan fingerprint density at radius 1 is 1.67 bits per heavy atom. The topological polar surface area (TPSA) is 52.1 Å². The molecule has 1 rings (SSSR count). The summed E-state index contributed by atoms with van der Waals surface area (Å²) in [6, 6.07) is 0. The number of thioether (sulfide) groups is 1. The highest BCUT2D eigenvalue weighted by molar-refractivity contribution is 7.98. The van der Waals surface area contributed by atoms with Crippen LogP contribution in [-0.4, -0.2) is 29.3 Å². The predicted molar refractivity (Wildman–Crippen MR) is 59.9 cm³/mol. The monoisotopic (exact) mass is 244 g/mol. The highest BCUT2D eigenvalue weighted by Gasteiger charge is 2.02. The molecule has 0 spiro atoms. The molecule has 0 aliphatic rings. The normalized spacial score (nSPS) is 10.6. The summed E-state index contributed by atoms with van der Waals surface area (Å²) in [5.74, 6) is -0.444. The van der Waals surface area contributed by atoms with Crippen LogP contribution in [0.3, 0.4) is 0 Å². The summed E-state index contributed by atoms with van der Waals surface area (Å²) < 4.78 is 4.44. The van der Waals surface area contributed by atoms with E-state index in [4.69, 9.17) is 11.6 Å². The second kappa shape index (κ2) is 5.72. The Balaban J connectivity index is 2.87. The fourth-order valence-corrected chi connectivity index (χ4v) is 1.37. The number of carbonyl (C=O) groups is 1. The van der Waals surface area contributed by atoms with E-state index in [2.05, 4.69) is 14.7 Å². The number of esters is 1. The van der Waals surface area contributed by atoms with Crippen molar-refractivity contribution in [2.75, 3.05) is 13.4 Å². The average molecular weight is 245 g/mol. The third-order valence-corrected chi connectivity index (χ3v) is 2.39. The third-order valence-electron chi connectivity index (χ3n) is 1.53. The van der Waals surface area contributed by atoms with E-state index < -0.39 is 5.97 Å². The number of rotatable bonds is 3. The van der Waals surface area contributed by atoms with Gasteiger partial charge in [-0.25, -0.2) is 14.8 Å². The van der Waals surface area contributed by atoms with Crippen molar-refractivity contribution in [3.05, 3.63) is 23.0 Å². The molecular weight excluding hydrogens is 236 g/mol. The van der Waals surface area contributed by atoms with Gasteiger partial charge in [-0.15, -0.1) is 0 Å². The van der Waals surface area contributed by atoms with Crippen LogP contribution < -0.4 is 0 Å². The number of hydrogen-bond donors (Lipinski definition) is 0. The lowest BCUT2D eigenvalue weighted by molar-refractivity contribution is -0.134. The standard InChI is InChI=1S/C9H9ClN2O2S/c1-14-7(13)4-3-6-5-11-9(15-2)12-8(6)10/h3-5H,1-2H3. The van der Waals surface area contributed by atoms with Gasteiger partial charge >= 0.3 is 5.97 Å². The van der Waals surface area contributed by atoms with Gasteiger partial charge in [0.25, 0.3) is 0 Å². The number of nitrogens with zero attached hydrogens (tertiary/aromatic N) is 2. The number of methoxy groups -OCH3 is 1. The molecule has 0 saturated heterocycles. The maximum atomic E-state index is 10.8. The molecule has 0 N–H and O–H groups in total. The molecular formula is C9H9ClN2O2S. The molecule has 0 atom stereocenters. The molecule has 80 valence electrons. The number of hydrogen-bond acceptors (Lipinski definition) is 5. The Bertz CT molecular complexity index is 396. The summed E-state index contributed by atoms with van der Waals surface area (Å²) in [6.45, 7) is 0. The van der Waals surface area contributed by atoms with Crippen molar-refractivity contribution >= 4 is 35.4 Å². The highest BCUT2D eigenvalue weighted by atomic mass is 35.5. The number of ether oxygens (including phenoxy) is 1. The Hall–Kier alpha value is -1.07. The second-order valence-corrected chi connectivity index (χ2v) is 3.59. The van der Waals surface area contributed by atoms with Gasteiger partial charge in [-0.3, -0.25) is 0 Å². The van der Waals surface area contributed by atoms with Crippen LogP contribution in [0, 0.1) is 0 Å². The summed E-state index contributed by atoms with van der Waals surface area (Å²) in [7, 11) is 1.31. The maximum Gasteiger partial charge on any atom is 0.330 e.